The number of hydrogen-bond donors (Lipinski definition) is 1. The second-order valence-corrected chi connectivity index (χ2v) is 11.2. The summed E-state index contributed by atoms with van der Waals surface area (Å²) in [4.78, 5) is 19.0. The van der Waals surface area contributed by atoms with Crippen molar-refractivity contribution in [2.45, 2.75) is 25.9 Å². The molecule has 3 aromatic heterocycles. The molecule has 1 N–H and O–H groups in total. The number of hydrogen-bond acceptors (Lipinski definition) is 6. The van der Waals surface area contributed by atoms with Crippen LogP contribution in [0.25, 0.3) is 21.6 Å². The molecular weight excluding hydrogens is 444 g/mol. The maximum atomic E-state index is 13.3. The van der Waals surface area contributed by atoms with E-state index < -0.39 is 9.84 Å². The molecule has 4 aromatic rings. The number of amides is 1. The molecule has 1 aromatic carbocycles. The zero-order valence-corrected chi connectivity index (χ0v) is 19.1. The summed E-state index contributed by atoms with van der Waals surface area (Å²) in [6.45, 7) is 2.24. The predicted molar refractivity (Wildman–Crippen MR) is 125 cm³/mol. The minimum Gasteiger partial charge on any atom is -0.348 e. The zero-order valence-electron chi connectivity index (χ0n) is 17.5. The average molecular weight is 467 g/mol. The van der Waals surface area contributed by atoms with Crippen LogP contribution in [0.4, 0.5) is 0 Å². The number of thiophene rings is 1. The van der Waals surface area contributed by atoms with Crippen molar-refractivity contribution in [2.24, 2.45) is 0 Å². The summed E-state index contributed by atoms with van der Waals surface area (Å²) in [5, 5.41) is 10.3. The molecule has 9 heteroatoms. The highest BCUT2D eigenvalue weighted by Crippen LogP contribution is 2.33. The van der Waals surface area contributed by atoms with Gasteiger partial charge >= 0.3 is 0 Å². The van der Waals surface area contributed by atoms with Gasteiger partial charge in [0.15, 0.2) is 15.5 Å². The Hall–Kier alpha value is -3.04. The van der Waals surface area contributed by atoms with Crippen molar-refractivity contribution < 1.29 is 13.2 Å². The first kappa shape index (κ1) is 20.8. The molecule has 1 atom stereocenters. The summed E-state index contributed by atoms with van der Waals surface area (Å²) in [7, 11) is -3.09. The lowest BCUT2D eigenvalue weighted by Gasteiger charge is -2.12. The van der Waals surface area contributed by atoms with Crippen molar-refractivity contribution in [1.82, 2.24) is 20.1 Å². The number of carbonyl (C=O) groups is 1. The van der Waals surface area contributed by atoms with Gasteiger partial charge in [0, 0.05) is 6.54 Å². The lowest BCUT2D eigenvalue weighted by atomic mass is 10.1. The first-order valence-electron chi connectivity index (χ1n) is 10.4. The molecule has 1 aliphatic rings. The van der Waals surface area contributed by atoms with Gasteiger partial charge in [0.1, 0.15) is 0 Å². The van der Waals surface area contributed by atoms with Crippen molar-refractivity contribution >= 4 is 38.1 Å². The van der Waals surface area contributed by atoms with Crippen LogP contribution in [0, 0.1) is 6.92 Å². The number of nitrogens with one attached hydrogen (secondary N) is 1. The van der Waals surface area contributed by atoms with E-state index in [1.807, 2.05) is 54.8 Å². The fourth-order valence-electron chi connectivity index (χ4n) is 4.14. The molecule has 5 rings (SSSR count). The Labute approximate surface area is 190 Å². The highest BCUT2D eigenvalue weighted by atomic mass is 32.2. The minimum atomic E-state index is -3.09. The summed E-state index contributed by atoms with van der Waals surface area (Å²) < 4.78 is 25.9. The molecule has 7 nitrogen and oxygen atoms in total. The van der Waals surface area contributed by atoms with E-state index in [2.05, 4.69) is 10.4 Å². The molecule has 164 valence electrons. The van der Waals surface area contributed by atoms with Gasteiger partial charge in [-0.05, 0) is 36.4 Å². The largest absolute Gasteiger partial charge is 0.348 e. The first-order chi connectivity index (χ1) is 15.4. The number of carbonyl (C=O) groups excluding carboxylic acids is 1. The second-order valence-electron chi connectivity index (χ2n) is 7.99. The number of fused-ring (bicyclic) bond motifs is 1. The SMILES string of the molecule is Cc1nn(C2CCS(=O)(=O)C2)c2nc(-c3cccs3)cc(C(=O)NCc3ccccc3)c12. The van der Waals surface area contributed by atoms with Gasteiger partial charge < -0.3 is 5.32 Å². The molecule has 1 unspecified atom stereocenters. The van der Waals surface area contributed by atoms with Gasteiger partial charge in [-0.3, -0.25) is 4.79 Å². The number of aryl methyl sites for hydroxylation is 1. The van der Waals surface area contributed by atoms with E-state index in [-0.39, 0.29) is 23.5 Å². The lowest BCUT2D eigenvalue weighted by Crippen LogP contribution is -2.23. The third kappa shape index (κ3) is 3.93. The molecule has 0 spiro atoms. The van der Waals surface area contributed by atoms with E-state index in [0.717, 1.165) is 10.4 Å². The summed E-state index contributed by atoms with van der Waals surface area (Å²) >= 11 is 1.54. The normalized spacial score (nSPS) is 17.6. The van der Waals surface area contributed by atoms with Crippen LogP contribution in [-0.4, -0.2) is 40.6 Å². The highest BCUT2D eigenvalue weighted by Gasteiger charge is 2.32. The Kier molecular flexibility index (Phi) is 5.30. The van der Waals surface area contributed by atoms with Crippen LogP contribution < -0.4 is 5.32 Å². The maximum Gasteiger partial charge on any atom is 0.252 e. The van der Waals surface area contributed by atoms with Gasteiger partial charge in [-0.1, -0.05) is 36.4 Å². The summed E-state index contributed by atoms with van der Waals surface area (Å²) in [5.41, 5.74) is 3.41. The average Bonchev–Trinajstić information content (AvgIpc) is 3.51. The Morgan fingerprint density at radius 1 is 1.22 bits per heavy atom. The van der Waals surface area contributed by atoms with Gasteiger partial charge in [-0.25, -0.2) is 18.1 Å². The Morgan fingerprint density at radius 2 is 2.03 bits per heavy atom. The highest BCUT2D eigenvalue weighted by molar-refractivity contribution is 7.91. The second kappa shape index (κ2) is 8.14. The third-order valence-corrected chi connectivity index (χ3v) is 8.35. The van der Waals surface area contributed by atoms with Crippen molar-refractivity contribution in [3.63, 3.8) is 0 Å². The molecule has 0 radical (unpaired) electrons. The van der Waals surface area contributed by atoms with Crippen LogP contribution in [0.15, 0.2) is 53.9 Å². The molecule has 1 saturated heterocycles. The predicted octanol–water partition coefficient (Wildman–Crippen LogP) is 3.76. The number of sulfone groups is 1. The van der Waals surface area contributed by atoms with E-state index in [9.17, 15) is 13.2 Å². The minimum absolute atomic E-state index is 0.0453. The number of pyridine rings is 1. The van der Waals surface area contributed by atoms with Crippen LogP contribution in [0.1, 0.15) is 34.1 Å². The molecule has 1 amide bonds. The Bertz CT molecular complexity index is 1390. The van der Waals surface area contributed by atoms with Gasteiger partial charge in [0.2, 0.25) is 0 Å². The topological polar surface area (TPSA) is 93.9 Å². The van der Waals surface area contributed by atoms with Crippen molar-refractivity contribution in [3.05, 3.63) is 70.7 Å². The van der Waals surface area contributed by atoms with Crippen molar-refractivity contribution in [3.8, 4) is 10.6 Å². The summed E-state index contributed by atoms with van der Waals surface area (Å²) in [5.74, 6) is -0.0164. The van der Waals surface area contributed by atoms with Crippen molar-refractivity contribution in [2.75, 3.05) is 11.5 Å². The molecule has 4 heterocycles. The number of benzene rings is 1. The molecular formula is C23H22N4O3S2. The van der Waals surface area contributed by atoms with E-state index in [1.165, 1.54) is 0 Å². The number of aromatic nitrogens is 3. The number of nitrogens with zero attached hydrogens (tertiary/aromatic N) is 3. The Morgan fingerprint density at radius 3 is 2.72 bits per heavy atom. The van der Waals surface area contributed by atoms with E-state index in [0.29, 0.717) is 41.0 Å². The first-order valence-corrected chi connectivity index (χ1v) is 13.1. The molecule has 0 bridgehead atoms. The molecule has 1 fully saturated rings. The van der Waals surface area contributed by atoms with E-state index in [1.54, 1.807) is 22.1 Å². The quantitative estimate of drug-likeness (QED) is 0.483. The van der Waals surface area contributed by atoms with Crippen LogP contribution >= 0.6 is 11.3 Å². The molecule has 0 saturated carbocycles. The monoisotopic (exact) mass is 466 g/mol. The van der Waals surface area contributed by atoms with Crippen LogP contribution in [0.5, 0.6) is 0 Å². The van der Waals surface area contributed by atoms with Gasteiger partial charge in [-0.15, -0.1) is 11.3 Å². The molecule has 0 aliphatic carbocycles. The third-order valence-electron chi connectivity index (χ3n) is 5.71. The lowest BCUT2D eigenvalue weighted by molar-refractivity contribution is 0.0952. The molecule has 1 aliphatic heterocycles. The summed E-state index contributed by atoms with van der Waals surface area (Å²) in [6, 6.07) is 15.2. The molecule has 32 heavy (non-hydrogen) atoms. The zero-order chi connectivity index (χ0) is 22.3. The van der Waals surface area contributed by atoms with Gasteiger partial charge in [0.25, 0.3) is 5.91 Å². The standard InChI is InChI=1S/C23H22N4O3S2/c1-15-21-18(23(28)24-13-16-6-3-2-4-7-16)12-19(20-8-5-10-31-20)25-22(21)27(26-15)17-9-11-32(29,30)14-17/h2-8,10,12,17H,9,11,13-14H2,1H3,(H,24,28). The van der Waals surface area contributed by atoms with E-state index in [4.69, 9.17) is 4.98 Å². The van der Waals surface area contributed by atoms with Crippen LogP contribution in [0.3, 0.4) is 0 Å². The van der Waals surface area contributed by atoms with Crippen LogP contribution in [-0.2, 0) is 16.4 Å². The smallest absolute Gasteiger partial charge is 0.252 e. The maximum absolute atomic E-state index is 13.3. The van der Waals surface area contributed by atoms with Crippen LogP contribution in [0.2, 0.25) is 0 Å². The van der Waals surface area contributed by atoms with Gasteiger partial charge in [-0.2, -0.15) is 5.10 Å². The number of rotatable bonds is 5. The van der Waals surface area contributed by atoms with Crippen molar-refractivity contribution in [1.29, 1.82) is 0 Å². The van der Waals surface area contributed by atoms with E-state index >= 15 is 0 Å². The van der Waals surface area contributed by atoms with Gasteiger partial charge in [0.05, 0.1) is 44.8 Å². The Balaban J connectivity index is 1.60. The summed E-state index contributed by atoms with van der Waals surface area (Å²) in [6.07, 6.45) is 0.499. The fourth-order valence-corrected chi connectivity index (χ4v) is 6.52. The fraction of sp³-hybridized carbons (Fsp3) is 0.261.